The molecule has 0 bridgehead atoms. The molecule has 2 aromatic rings. The molecule has 0 spiro atoms. The fourth-order valence-electron chi connectivity index (χ4n) is 5.01. The molecule has 122 valence electrons. The van der Waals surface area contributed by atoms with Gasteiger partial charge in [-0.15, -0.1) is 0 Å². The van der Waals surface area contributed by atoms with E-state index in [4.69, 9.17) is 9.47 Å². The highest BCUT2D eigenvalue weighted by atomic mass is 16.7. The molecule has 3 atom stereocenters. The van der Waals surface area contributed by atoms with E-state index in [0.717, 1.165) is 24.0 Å². The van der Waals surface area contributed by atoms with E-state index in [9.17, 15) is 5.11 Å². The molecule has 2 aliphatic heterocycles. The van der Waals surface area contributed by atoms with E-state index in [-0.39, 0.29) is 5.41 Å². The van der Waals surface area contributed by atoms with Crippen LogP contribution < -0.4 is 0 Å². The Bertz CT molecular complexity index is 746. The normalized spacial score (nSPS) is 35.5. The summed E-state index contributed by atoms with van der Waals surface area (Å²) in [6.07, 6.45) is 5.84. The fourth-order valence-corrected chi connectivity index (χ4v) is 5.01. The molecule has 2 fully saturated rings. The standard InChI is InChI=1S/C21H20O3/c22-18-12-7-13-19-14-15-23-21(18,19)24-20(19,16-8-3-1-4-9-16)17-10-5-2-6-11-17/h1-6,8-11,14-15,18,22H,7,12-13H2/t18-,19+,21-/m1/s1. The number of aliphatic hydroxyl groups excluding tert-OH is 1. The molecular formula is C21H20O3. The van der Waals surface area contributed by atoms with Crippen LogP contribution in [-0.4, -0.2) is 17.0 Å². The SMILES string of the molecule is O[C@@H]1CCC[C@@]23C=CO[C@@]12OC3(c1ccccc1)c1ccccc1. The van der Waals surface area contributed by atoms with Crippen LogP contribution in [0, 0.1) is 5.41 Å². The van der Waals surface area contributed by atoms with Crippen LogP contribution >= 0.6 is 0 Å². The first-order valence-corrected chi connectivity index (χ1v) is 8.60. The molecule has 3 nitrogen and oxygen atoms in total. The van der Waals surface area contributed by atoms with E-state index in [1.54, 1.807) is 6.26 Å². The molecule has 1 aliphatic carbocycles. The van der Waals surface area contributed by atoms with Crippen molar-refractivity contribution in [1.82, 2.24) is 0 Å². The summed E-state index contributed by atoms with van der Waals surface area (Å²) < 4.78 is 12.5. The molecule has 0 radical (unpaired) electrons. The number of hydrogen-bond acceptors (Lipinski definition) is 3. The van der Waals surface area contributed by atoms with Gasteiger partial charge >= 0.3 is 0 Å². The van der Waals surface area contributed by atoms with E-state index in [0.29, 0.717) is 6.42 Å². The van der Waals surface area contributed by atoms with Crippen LogP contribution in [0.5, 0.6) is 0 Å². The van der Waals surface area contributed by atoms with Gasteiger partial charge in [-0.3, -0.25) is 0 Å². The summed E-state index contributed by atoms with van der Waals surface area (Å²) in [6.45, 7) is 0. The molecule has 5 rings (SSSR count). The summed E-state index contributed by atoms with van der Waals surface area (Å²) in [7, 11) is 0. The Balaban J connectivity index is 1.77. The molecule has 0 aromatic heterocycles. The zero-order chi connectivity index (χ0) is 16.3. The lowest BCUT2D eigenvalue weighted by molar-refractivity contribution is -0.462. The van der Waals surface area contributed by atoms with Crippen molar-refractivity contribution in [2.24, 2.45) is 5.41 Å². The van der Waals surface area contributed by atoms with Crippen molar-refractivity contribution in [1.29, 1.82) is 0 Å². The summed E-state index contributed by atoms with van der Waals surface area (Å²) in [5.74, 6) is -0.947. The number of rotatable bonds is 2. The van der Waals surface area contributed by atoms with Gasteiger partial charge in [0.1, 0.15) is 11.7 Å². The smallest absolute Gasteiger partial charge is 0.249 e. The third-order valence-electron chi connectivity index (χ3n) is 6.00. The maximum Gasteiger partial charge on any atom is 0.249 e. The molecule has 3 aliphatic rings. The Hall–Kier alpha value is -2.10. The van der Waals surface area contributed by atoms with Crippen molar-refractivity contribution in [3.05, 3.63) is 84.1 Å². The van der Waals surface area contributed by atoms with Crippen molar-refractivity contribution in [2.45, 2.75) is 36.8 Å². The monoisotopic (exact) mass is 320 g/mol. The minimum Gasteiger partial charge on any atom is -0.466 e. The van der Waals surface area contributed by atoms with Crippen LogP contribution in [0.15, 0.2) is 73.0 Å². The van der Waals surface area contributed by atoms with Crippen molar-refractivity contribution in [3.63, 3.8) is 0 Å². The topological polar surface area (TPSA) is 38.7 Å². The highest BCUT2D eigenvalue weighted by Gasteiger charge is 2.82. The molecule has 1 N–H and O–H groups in total. The second-order valence-corrected chi connectivity index (χ2v) is 6.98. The first-order valence-electron chi connectivity index (χ1n) is 8.60. The molecule has 0 amide bonds. The summed E-state index contributed by atoms with van der Waals surface area (Å²) in [4.78, 5) is 0. The Labute approximate surface area is 141 Å². The van der Waals surface area contributed by atoms with E-state index in [1.807, 2.05) is 36.4 Å². The van der Waals surface area contributed by atoms with Gasteiger partial charge in [-0.2, -0.15) is 0 Å². The number of ether oxygens (including phenoxy) is 2. The Morgan fingerprint density at radius 3 is 2.17 bits per heavy atom. The quantitative estimate of drug-likeness (QED) is 0.916. The maximum atomic E-state index is 10.7. The third-order valence-corrected chi connectivity index (χ3v) is 6.00. The Kier molecular flexibility index (Phi) is 2.80. The minimum absolute atomic E-state index is 0.375. The Morgan fingerprint density at radius 2 is 1.54 bits per heavy atom. The van der Waals surface area contributed by atoms with Gasteiger partial charge in [-0.05, 0) is 36.5 Å². The average Bonchev–Trinajstić information content (AvgIpc) is 2.95. The van der Waals surface area contributed by atoms with Gasteiger partial charge in [-0.1, -0.05) is 60.7 Å². The summed E-state index contributed by atoms with van der Waals surface area (Å²) in [6, 6.07) is 20.6. The average molecular weight is 320 g/mol. The van der Waals surface area contributed by atoms with Crippen molar-refractivity contribution < 1.29 is 14.6 Å². The second kappa shape index (κ2) is 4.71. The molecule has 0 unspecified atom stereocenters. The van der Waals surface area contributed by atoms with Crippen LogP contribution in [0.4, 0.5) is 0 Å². The number of hydrogen-bond donors (Lipinski definition) is 1. The van der Waals surface area contributed by atoms with Crippen molar-refractivity contribution >= 4 is 0 Å². The molecule has 1 saturated carbocycles. The first kappa shape index (κ1) is 14.3. The van der Waals surface area contributed by atoms with Crippen LogP contribution in [-0.2, 0) is 15.1 Å². The van der Waals surface area contributed by atoms with Crippen LogP contribution in [0.2, 0.25) is 0 Å². The number of aliphatic hydroxyl groups is 1. The van der Waals surface area contributed by atoms with Gasteiger partial charge in [0, 0.05) is 0 Å². The second-order valence-electron chi connectivity index (χ2n) is 6.98. The van der Waals surface area contributed by atoms with Crippen LogP contribution in [0.3, 0.4) is 0 Å². The molecule has 1 saturated heterocycles. The van der Waals surface area contributed by atoms with Crippen molar-refractivity contribution in [3.8, 4) is 0 Å². The Morgan fingerprint density at radius 1 is 0.917 bits per heavy atom. The lowest BCUT2D eigenvalue weighted by atomic mass is 9.50. The van der Waals surface area contributed by atoms with E-state index in [2.05, 4.69) is 30.3 Å². The first-order chi connectivity index (χ1) is 11.8. The molecular weight excluding hydrogens is 300 g/mol. The lowest BCUT2D eigenvalue weighted by Gasteiger charge is -2.68. The molecule has 3 heteroatoms. The predicted molar refractivity (Wildman–Crippen MR) is 90.0 cm³/mol. The van der Waals surface area contributed by atoms with E-state index in [1.165, 1.54) is 0 Å². The molecule has 24 heavy (non-hydrogen) atoms. The maximum absolute atomic E-state index is 10.7. The van der Waals surface area contributed by atoms with E-state index < -0.39 is 17.5 Å². The molecule has 2 heterocycles. The van der Waals surface area contributed by atoms with Gasteiger partial charge in [0.2, 0.25) is 5.79 Å². The highest BCUT2D eigenvalue weighted by Crippen LogP contribution is 2.73. The lowest BCUT2D eigenvalue weighted by Crippen LogP contribution is -2.78. The number of benzene rings is 2. The summed E-state index contributed by atoms with van der Waals surface area (Å²) >= 11 is 0. The summed E-state index contributed by atoms with van der Waals surface area (Å²) in [5.41, 5.74) is 1.22. The van der Waals surface area contributed by atoms with Gasteiger partial charge in [0.15, 0.2) is 0 Å². The fraction of sp³-hybridized carbons (Fsp3) is 0.333. The van der Waals surface area contributed by atoms with Gasteiger partial charge in [0.05, 0.1) is 11.7 Å². The van der Waals surface area contributed by atoms with Gasteiger partial charge in [0.25, 0.3) is 0 Å². The van der Waals surface area contributed by atoms with E-state index >= 15 is 0 Å². The minimum atomic E-state index is -0.947. The third kappa shape index (κ3) is 1.41. The van der Waals surface area contributed by atoms with Crippen LogP contribution in [0.25, 0.3) is 0 Å². The van der Waals surface area contributed by atoms with Gasteiger partial charge < -0.3 is 14.6 Å². The predicted octanol–water partition coefficient (Wildman–Crippen LogP) is 3.73. The molecule has 2 aromatic carbocycles. The highest BCUT2D eigenvalue weighted by molar-refractivity contribution is 5.49. The summed E-state index contributed by atoms with van der Waals surface area (Å²) in [5, 5.41) is 10.7. The zero-order valence-electron chi connectivity index (χ0n) is 13.4. The zero-order valence-corrected chi connectivity index (χ0v) is 13.4. The largest absolute Gasteiger partial charge is 0.466 e. The van der Waals surface area contributed by atoms with Crippen LogP contribution in [0.1, 0.15) is 30.4 Å². The van der Waals surface area contributed by atoms with Gasteiger partial charge in [-0.25, -0.2) is 0 Å². The van der Waals surface area contributed by atoms with Crippen molar-refractivity contribution in [2.75, 3.05) is 0 Å².